The highest BCUT2D eigenvalue weighted by Crippen LogP contribution is 2.63. The van der Waals surface area contributed by atoms with Gasteiger partial charge in [-0.05, 0) is 112 Å². The SMILES string of the molecule is C[C@@H](NC[C@H]1C(=O)O[C@@H]2C[C@@]3(C)CCC[C@]4(CO4)[C@@H]3C[C@@H]21)[C@@H]1[C@@H]2CC[C@H]3C[C@@H](C2)C[C@@H]31. The average molecular weight is 428 g/mol. The van der Waals surface area contributed by atoms with E-state index in [2.05, 4.69) is 19.2 Å². The van der Waals surface area contributed by atoms with Crippen LogP contribution in [0.3, 0.4) is 0 Å². The maximum Gasteiger partial charge on any atom is 0.310 e. The standard InChI is InChI=1S/C27H41NO3/c1-15(24-18-5-4-17-8-16(9-18)10-19(17)24)28-13-21-20-11-23-26(2,12-22(20)31-25(21)29)6-3-7-27(23)14-30-27/h15-24,28H,3-14H2,1-2H3/t15-,16+,17+,18-,19+,20-,21-,22-,23-,24-,26-,27+/m1/s1. The van der Waals surface area contributed by atoms with E-state index in [1.165, 1.54) is 51.4 Å². The summed E-state index contributed by atoms with van der Waals surface area (Å²) < 4.78 is 12.1. The molecule has 0 aromatic carbocycles. The molecule has 0 unspecified atom stereocenters. The molecular formula is C27H41NO3. The largest absolute Gasteiger partial charge is 0.462 e. The molecule has 1 spiro atoms. The van der Waals surface area contributed by atoms with E-state index in [1.807, 2.05) is 0 Å². The summed E-state index contributed by atoms with van der Waals surface area (Å²) in [5.41, 5.74) is 0.446. The van der Waals surface area contributed by atoms with Gasteiger partial charge in [0.25, 0.3) is 0 Å². The Bertz CT molecular complexity index is 764. The van der Waals surface area contributed by atoms with E-state index in [0.717, 1.165) is 55.6 Å². The van der Waals surface area contributed by atoms with Gasteiger partial charge in [0.1, 0.15) is 6.10 Å². The van der Waals surface area contributed by atoms with Crippen molar-refractivity contribution >= 4 is 5.97 Å². The van der Waals surface area contributed by atoms with Gasteiger partial charge in [0.2, 0.25) is 0 Å². The van der Waals surface area contributed by atoms with Crippen molar-refractivity contribution in [3.05, 3.63) is 0 Å². The number of ether oxygens (including phenoxy) is 2. The molecule has 172 valence electrons. The van der Waals surface area contributed by atoms with Crippen LogP contribution in [0.2, 0.25) is 0 Å². The van der Waals surface area contributed by atoms with Crippen LogP contribution in [0.4, 0.5) is 0 Å². The number of epoxide rings is 1. The van der Waals surface area contributed by atoms with Crippen LogP contribution in [0.25, 0.3) is 0 Å². The zero-order valence-electron chi connectivity index (χ0n) is 19.5. The minimum atomic E-state index is 0.0480. The second kappa shape index (κ2) is 6.72. The van der Waals surface area contributed by atoms with Gasteiger partial charge < -0.3 is 14.8 Å². The number of esters is 1. The van der Waals surface area contributed by atoms with E-state index >= 15 is 0 Å². The molecule has 5 aliphatic carbocycles. The lowest BCUT2D eigenvalue weighted by Crippen LogP contribution is -2.52. The highest BCUT2D eigenvalue weighted by molar-refractivity contribution is 5.75. The van der Waals surface area contributed by atoms with Gasteiger partial charge in [0.05, 0.1) is 18.1 Å². The maximum atomic E-state index is 13.0. The molecule has 0 aromatic heterocycles. The van der Waals surface area contributed by atoms with Crippen molar-refractivity contribution in [2.24, 2.45) is 52.8 Å². The van der Waals surface area contributed by atoms with Gasteiger partial charge in [0, 0.05) is 18.5 Å². The molecule has 7 aliphatic rings. The van der Waals surface area contributed by atoms with E-state index < -0.39 is 0 Å². The lowest BCUT2D eigenvalue weighted by molar-refractivity contribution is -0.147. The molecule has 4 nitrogen and oxygen atoms in total. The molecule has 0 aromatic rings. The number of nitrogens with one attached hydrogen (secondary N) is 1. The summed E-state index contributed by atoms with van der Waals surface area (Å²) in [7, 11) is 0. The van der Waals surface area contributed by atoms with Crippen molar-refractivity contribution in [1.29, 1.82) is 0 Å². The normalized spacial score (nSPS) is 57.5. The van der Waals surface area contributed by atoms with E-state index in [-0.39, 0.29) is 23.6 Å². The monoisotopic (exact) mass is 427 g/mol. The zero-order chi connectivity index (χ0) is 21.0. The van der Waals surface area contributed by atoms with E-state index in [9.17, 15) is 4.79 Å². The fraction of sp³-hybridized carbons (Fsp3) is 0.963. The van der Waals surface area contributed by atoms with Crippen molar-refractivity contribution in [3.63, 3.8) is 0 Å². The van der Waals surface area contributed by atoms with Crippen molar-refractivity contribution in [3.8, 4) is 0 Å². The molecule has 12 atom stereocenters. The lowest BCUT2D eigenvalue weighted by Gasteiger charge is -2.51. The van der Waals surface area contributed by atoms with E-state index in [4.69, 9.17) is 9.47 Å². The van der Waals surface area contributed by atoms with E-state index in [0.29, 0.717) is 23.3 Å². The molecule has 2 heterocycles. The lowest BCUT2D eigenvalue weighted by atomic mass is 9.53. The Labute approximate surface area is 187 Å². The molecule has 7 fully saturated rings. The number of hydrogen-bond donors (Lipinski definition) is 1. The van der Waals surface area contributed by atoms with Crippen LogP contribution in [0, 0.1) is 52.8 Å². The number of carbonyl (C=O) groups is 1. The van der Waals surface area contributed by atoms with Crippen molar-refractivity contribution in [2.75, 3.05) is 13.2 Å². The van der Waals surface area contributed by atoms with Crippen molar-refractivity contribution in [2.45, 2.75) is 95.8 Å². The summed E-state index contributed by atoms with van der Waals surface area (Å²) in [6.07, 6.45) is 13.5. The van der Waals surface area contributed by atoms with Crippen LogP contribution >= 0.6 is 0 Å². The minimum absolute atomic E-state index is 0.0480. The topological polar surface area (TPSA) is 50.9 Å². The predicted octanol–water partition coefficient (Wildman–Crippen LogP) is 4.56. The number of carbonyl (C=O) groups excluding carboxylic acids is 1. The summed E-state index contributed by atoms with van der Waals surface area (Å²) in [6, 6.07) is 0.533. The van der Waals surface area contributed by atoms with Crippen LogP contribution in [-0.4, -0.2) is 36.9 Å². The second-order valence-corrected chi connectivity index (χ2v) is 13.2. The molecule has 5 saturated carbocycles. The fourth-order valence-corrected chi connectivity index (χ4v) is 10.4. The van der Waals surface area contributed by atoms with Gasteiger partial charge in [0.15, 0.2) is 0 Å². The predicted molar refractivity (Wildman–Crippen MR) is 118 cm³/mol. The third-order valence-corrected chi connectivity index (χ3v) is 11.7. The molecule has 31 heavy (non-hydrogen) atoms. The first-order valence-corrected chi connectivity index (χ1v) is 13.5. The van der Waals surface area contributed by atoms with Gasteiger partial charge in [-0.1, -0.05) is 6.92 Å². The van der Waals surface area contributed by atoms with Crippen molar-refractivity contribution < 1.29 is 14.3 Å². The molecule has 0 radical (unpaired) electrons. The summed E-state index contributed by atoms with van der Waals surface area (Å²) >= 11 is 0. The quantitative estimate of drug-likeness (QED) is 0.528. The third kappa shape index (κ3) is 2.89. The molecule has 1 N–H and O–H groups in total. The van der Waals surface area contributed by atoms with E-state index in [1.54, 1.807) is 0 Å². The first-order valence-electron chi connectivity index (χ1n) is 13.5. The number of rotatable bonds is 4. The van der Waals surface area contributed by atoms with Gasteiger partial charge >= 0.3 is 5.97 Å². The molecule has 2 saturated heterocycles. The average Bonchev–Trinajstić information content (AvgIpc) is 3.37. The van der Waals surface area contributed by atoms with Crippen LogP contribution < -0.4 is 5.32 Å². The minimum Gasteiger partial charge on any atom is -0.462 e. The Balaban J connectivity index is 1.05. The number of hydrogen-bond acceptors (Lipinski definition) is 4. The highest BCUT2D eigenvalue weighted by Gasteiger charge is 2.65. The molecule has 4 heteroatoms. The molecule has 2 aliphatic heterocycles. The van der Waals surface area contributed by atoms with Gasteiger partial charge in [-0.15, -0.1) is 0 Å². The second-order valence-electron chi connectivity index (χ2n) is 13.2. The number of fused-ring (bicyclic) bond motifs is 5. The zero-order valence-corrected chi connectivity index (χ0v) is 19.5. The smallest absolute Gasteiger partial charge is 0.310 e. The van der Waals surface area contributed by atoms with Crippen LogP contribution in [-0.2, 0) is 14.3 Å². The van der Waals surface area contributed by atoms with Gasteiger partial charge in [-0.2, -0.15) is 0 Å². The first-order chi connectivity index (χ1) is 15.0. The Morgan fingerprint density at radius 1 is 1.10 bits per heavy atom. The third-order valence-electron chi connectivity index (χ3n) is 11.7. The van der Waals surface area contributed by atoms with Crippen LogP contribution in [0.5, 0.6) is 0 Å². The Hall–Kier alpha value is -0.610. The summed E-state index contributed by atoms with van der Waals surface area (Å²) in [4.78, 5) is 13.0. The summed E-state index contributed by atoms with van der Waals surface area (Å²) in [5.74, 6) is 5.88. The Kier molecular flexibility index (Phi) is 4.29. The van der Waals surface area contributed by atoms with Crippen LogP contribution in [0.15, 0.2) is 0 Å². The fourth-order valence-electron chi connectivity index (χ4n) is 10.4. The maximum absolute atomic E-state index is 13.0. The summed E-state index contributed by atoms with van der Waals surface area (Å²) in [6.45, 7) is 6.64. The van der Waals surface area contributed by atoms with Gasteiger partial charge in [-0.25, -0.2) is 0 Å². The molecule has 7 rings (SSSR count). The highest BCUT2D eigenvalue weighted by atomic mass is 16.6. The molecular weight excluding hydrogens is 386 g/mol. The summed E-state index contributed by atoms with van der Waals surface area (Å²) in [5, 5.41) is 3.91. The van der Waals surface area contributed by atoms with Gasteiger partial charge in [-0.3, -0.25) is 4.79 Å². The van der Waals surface area contributed by atoms with Crippen LogP contribution in [0.1, 0.15) is 78.1 Å². The Morgan fingerprint density at radius 3 is 2.74 bits per heavy atom. The van der Waals surface area contributed by atoms with Crippen molar-refractivity contribution in [1.82, 2.24) is 5.32 Å². The first kappa shape index (κ1) is 19.8. The Morgan fingerprint density at radius 2 is 1.90 bits per heavy atom. The molecule has 0 amide bonds. The molecule has 3 bridgehead atoms.